The molecule has 0 fully saturated rings. The van der Waals surface area contributed by atoms with Gasteiger partial charge in [-0.15, -0.1) is 0 Å². The third-order valence-corrected chi connectivity index (χ3v) is 11.8. The Balaban J connectivity index is 1.24. The summed E-state index contributed by atoms with van der Waals surface area (Å²) in [5.74, 6) is -8.44. The minimum absolute atomic E-state index is 0.0487. The van der Waals surface area contributed by atoms with Crippen molar-refractivity contribution >= 4 is 23.9 Å². The molecule has 66 heavy (non-hydrogen) atoms. The van der Waals surface area contributed by atoms with Crippen LogP contribution in [0.2, 0.25) is 0 Å². The highest BCUT2D eigenvalue weighted by atomic mass is 16.6. The Hall–Kier alpha value is -6.38. The number of carbonyl (C=O) groups excluding carboxylic acids is 4. The Morgan fingerprint density at radius 2 is 1.14 bits per heavy atom. The summed E-state index contributed by atoms with van der Waals surface area (Å²) in [4.78, 5) is 48.2. The van der Waals surface area contributed by atoms with Gasteiger partial charge in [0.2, 0.25) is 11.5 Å². The van der Waals surface area contributed by atoms with Crippen molar-refractivity contribution in [2.75, 3.05) is 0 Å². The molecule has 356 valence electrons. The van der Waals surface area contributed by atoms with Gasteiger partial charge in [0.25, 0.3) is 0 Å². The maximum Gasteiger partial charge on any atom is 0.378 e. The number of hydrogen-bond donors (Lipinski definition) is 6. The molecule has 0 bridgehead atoms. The number of aliphatic hydroxyl groups is 6. The summed E-state index contributed by atoms with van der Waals surface area (Å²) in [7, 11) is 0. The summed E-state index contributed by atoms with van der Waals surface area (Å²) < 4.78 is 20.4. The van der Waals surface area contributed by atoms with E-state index in [0.29, 0.717) is 19.3 Å². The van der Waals surface area contributed by atoms with Crippen LogP contribution in [0.25, 0.3) is 0 Å². The molecule has 14 nitrogen and oxygen atoms in total. The predicted molar refractivity (Wildman–Crippen MR) is 248 cm³/mol. The minimum atomic E-state index is -1.99. The van der Waals surface area contributed by atoms with E-state index < -0.39 is 83.5 Å². The number of esters is 4. The summed E-state index contributed by atoms with van der Waals surface area (Å²) in [5, 5.41) is 59.3. The average molecular weight is 913 g/mol. The fourth-order valence-electron chi connectivity index (χ4n) is 8.30. The fraction of sp³-hybridized carbons (Fsp3) is 0.423. The van der Waals surface area contributed by atoms with Crippen LogP contribution in [0.4, 0.5) is 0 Å². The third kappa shape index (κ3) is 13.6. The highest BCUT2D eigenvalue weighted by Gasteiger charge is 2.46. The lowest BCUT2D eigenvalue weighted by Crippen LogP contribution is -2.41. The van der Waals surface area contributed by atoms with E-state index in [1.54, 1.807) is 0 Å². The number of cyclic esters (lactones) is 2. The Labute approximate surface area is 386 Å². The summed E-state index contributed by atoms with van der Waals surface area (Å²) in [5.41, 5.74) is 6.64. The molecule has 7 atom stereocenters. The second kappa shape index (κ2) is 22.2. The molecular formula is C52H64O14. The smallest absolute Gasteiger partial charge is 0.378 e. The summed E-state index contributed by atoms with van der Waals surface area (Å²) >= 11 is 0. The van der Waals surface area contributed by atoms with Gasteiger partial charge in [-0.2, -0.15) is 0 Å². The molecule has 0 aromatic rings. The van der Waals surface area contributed by atoms with Crippen molar-refractivity contribution in [2.24, 2.45) is 16.7 Å². The quantitative estimate of drug-likeness (QED) is 0.0369. The van der Waals surface area contributed by atoms with E-state index in [0.717, 1.165) is 39.0 Å². The van der Waals surface area contributed by atoms with Crippen LogP contribution in [-0.2, 0) is 38.1 Å². The van der Waals surface area contributed by atoms with E-state index in [1.807, 2.05) is 128 Å². The first-order valence-electron chi connectivity index (χ1n) is 21.7. The predicted octanol–water partition coefficient (Wildman–Crippen LogP) is 8.73. The third-order valence-electron chi connectivity index (χ3n) is 11.8. The van der Waals surface area contributed by atoms with Crippen molar-refractivity contribution in [2.45, 2.75) is 125 Å². The molecular weight excluding hydrogens is 849 g/mol. The number of aliphatic hydroxyl groups excluding tert-OH is 6. The van der Waals surface area contributed by atoms with E-state index in [4.69, 9.17) is 14.2 Å². The molecule has 14 heteroatoms. The number of carbonyl (C=O) groups is 4. The van der Waals surface area contributed by atoms with Crippen LogP contribution in [0.15, 0.2) is 153 Å². The Morgan fingerprint density at radius 3 is 1.59 bits per heavy atom. The second-order valence-electron chi connectivity index (χ2n) is 18.5. The van der Waals surface area contributed by atoms with Crippen LogP contribution in [0.3, 0.4) is 0 Å². The van der Waals surface area contributed by atoms with Gasteiger partial charge in [-0.1, -0.05) is 146 Å². The number of ether oxygens (including phenoxy) is 4. The molecule has 4 aliphatic rings. The van der Waals surface area contributed by atoms with Crippen LogP contribution in [-0.4, -0.2) is 91.1 Å². The van der Waals surface area contributed by atoms with Gasteiger partial charge in [-0.05, 0) is 76.9 Å². The first-order valence-corrected chi connectivity index (χ1v) is 21.7. The van der Waals surface area contributed by atoms with E-state index in [2.05, 4.69) is 36.8 Å². The highest BCUT2D eigenvalue weighted by Crippen LogP contribution is 2.44. The van der Waals surface area contributed by atoms with Gasteiger partial charge in [-0.25, -0.2) is 19.2 Å². The fourth-order valence-corrected chi connectivity index (χ4v) is 8.30. The second-order valence-corrected chi connectivity index (χ2v) is 18.5. The molecule has 0 radical (unpaired) electrons. The lowest BCUT2D eigenvalue weighted by Gasteiger charge is -2.40. The molecule has 0 spiro atoms. The van der Waals surface area contributed by atoms with Crippen LogP contribution < -0.4 is 0 Å². The lowest BCUT2D eigenvalue weighted by molar-refractivity contribution is -0.170. The molecule has 0 saturated carbocycles. The molecule has 4 rings (SSSR count). The number of hydrogen-bond acceptors (Lipinski definition) is 14. The average Bonchev–Trinajstić information content (AvgIpc) is 3.63. The van der Waals surface area contributed by atoms with E-state index in [9.17, 15) is 49.8 Å². The molecule has 2 aliphatic heterocycles. The lowest BCUT2D eigenvalue weighted by atomic mass is 9.67. The first kappa shape index (κ1) is 52.2. The normalized spacial score (nSPS) is 26.6. The van der Waals surface area contributed by atoms with Crippen molar-refractivity contribution in [3.63, 3.8) is 0 Å². The Kier molecular flexibility index (Phi) is 17.6. The van der Waals surface area contributed by atoms with E-state index >= 15 is 0 Å². The van der Waals surface area contributed by atoms with Crippen molar-refractivity contribution in [3.05, 3.63) is 153 Å². The van der Waals surface area contributed by atoms with Gasteiger partial charge >= 0.3 is 23.9 Å². The van der Waals surface area contributed by atoms with Crippen molar-refractivity contribution in [1.29, 1.82) is 0 Å². The molecule has 6 N–H and O–H groups in total. The molecule has 0 aromatic heterocycles. The largest absolute Gasteiger partial charge is 0.505 e. The van der Waals surface area contributed by atoms with E-state index in [-0.39, 0.29) is 16.7 Å². The first-order chi connectivity index (χ1) is 30.8. The van der Waals surface area contributed by atoms with Crippen LogP contribution in [0, 0.1) is 16.7 Å². The molecule has 0 saturated heterocycles. The Bertz CT molecular complexity index is 2330. The van der Waals surface area contributed by atoms with Gasteiger partial charge in [-0.3, -0.25) is 0 Å². The monoisotopic (exact) mass is 912 g/mol. The summed E-state index contributed by atoms with van der Waals surface area (Å²) in [6, 6.07) is 0. The zero-order chi connectivity index (χ0) is 49.3. The molecule has 2 aliphatic carbocycles. The molecule has 0 aromatic carbocycles. The van der Waals surface area contributed by atoms with Gasteiger partial charge in [0, 0.05) is 12.3 Å². The topological polar surface area (TPSA) is 227 Å². The van der Waals surface area contributed by atoms with Gasteiger partial charge in [0.05, 0.1) is 0 Å². The van der Waals surface area contributed by atoms with Gasteiger partial charge < -0.3 is 49.6 Å². The highest BCUT2D eigenvalue weighted by molar-refractivity contribution is 5.91. The Morgan fingerprint density at radius 1 is 0.682 bits per heavy atom. The van der Waals surface area contributed by atoms with E-state index in [1.165, 1.54) is 0 Å². The van der Waals surface area contributed by atoms with Crippen molar-refractivity contribution < 1.29 is 68.8 Å². The number of rotatable bonds is 16. The summed E-state index contributed by atoms with van der Waals surface area (Å²) in [6.07, 6.45) is 22.9. The molecule has 4 unspecified atom stereocenters. The standard InChI is InChI=1S/C52H64O14/c1-29(17-13-19-31(3)21-23-37-33(5)25-35(27-51(37,7)8)63-49(61)43(57)45-39(53)41(55)47(59)65-45)15-11-12-16-30(2)18-14-20-32(4)22-24-38-34(6)26-36(28-52(38,9)10)64-50(62)44(58)46-40(54)42(56)48(60)66-46/h11-25,35-37,43-46,53-58H,26-28H2,1-10H3/b12-11+,17-13+,18-14+,23-21+,24-22+,29-15+,30-16+,31-19+,32-20+/t35-,36+,37-,43?,44?,45?,46?/m0/s1. The maximum atomic E-state index is 12.6. The van der Waals surface area contributed by atoms with Crippen LogP contribution >= 0.6 is 0 Å². The van der Waals surface area contributed by atoms with Gasteiger partial charge in [0.15, 0.2) is 35.9 Å². The van der Waals surface area contributed by atoms with Crippen molar-refractivity contribution in [1.82, 2.24) is 0 Å². The van der Waals surface area contributed by atoms with Crippen LogP contribution in [0.5, 0.6) is 0 Å². The minimum Gasteiger partial charge on any atom is -0.505 e. The molecule has 2 heterocycles. The SMILES string of the molecule is CC1=C[C@H](OC(=O)C(O)C2OC(=O)C(O)=C2O)CC(C)(C)[C@H]1/C=C/C(C)=C/C=C/C(C)=C/C=C/C=C(C)/C=C/C=C(C)/C=C/C1=C(C)C[C@@H](OC(=O)C(O)C2OC(=O)C(O)=C2O)CC1(C)C. The maximum absolute atomic E-state index is 12.6. The van der Waals surface area contributed by atoms with Gasteiger partial charge in [0.1, 0.15) is 12.2 Å². The van der Waals surface area contributed by atoms with Crippen molar-refractivity contribution in [3.8, 4) is 0 Å². The zero-order valence-electron chi connectivity index (χ0n) is 39.3. The summed E-state index contributed by atoms with van der Waals surface area (Å²) in [6.45, 7) is 20.2. The molecule has 0 amide bonds. The number of allylic oxidation sites excluding steroid dienone is 20. The van der Waals surface area contributed by atoms with Crippen LogP contribution in [0.1, 0.15) is 88.5 Å². The zero-order valence-corrected chi connectivity index (χ0v) is 39.3.